The summed E-state index contributed by atoms with van der Waals surface area (Å²) >= 11 is 0. The molecule has 2 saturated heterocycles. The smallest absolute Gasteiger partial charge is 0.272 e. The Hall–Kier alpha value is -5.35. The van der Waals surface area contributed by atoms with Crippen LogP contribution in [0.5, 0.6) is 5.75 Å². The summed E-state index contributed by atoms with van der Waals surface area (Å²) in [5, 5.41) is 0. The summed E-state index contributed by atoms with van der Waals surface area (Å²) in [7, 11) is 1.46. The average Bonchev–Trinajstić information content (AvgIpc) is 3.80. The van der Waals surface area contributed by atoms with Crippen LogP contribution in [-0.2, 0) is 6.54 Å². The largest absolute Gasteiger partial charge is 0.491 e. The van der Waals surface area contributed by atoms with Crippen LogP contribution < -0.4 is 26.2 Å². The molecule has 3 aromatic heterocycles. The van der Waals surface area contributed by atoms with Gasteiger partial charge in [-0.2, -0.15) is 0 Å². The number of pyridine rings is 2. The first-order valence-corrected chi connectivity index (χ1v) is 15.5. The van der Waals surface area contributed by atoms with E-state index >= 15 is 0 Å². The van der Waals surface area contributed by atoms with Gasteiger partial charge in [0.15, 0.2) is 17.2 Å². The Kier molecular flexibility index (Phi) is 6.68. The molecule has 10 nitrogen and oxygen atoms in total. The molecule has 6 aromatic rings. The van der Waals surface area contributed by atoms with E-state index in [4.69, 9.17) is 20.4 Å². The molecule has 0 aliphatic carbocycles. The molecule has 46 heavy (non-hydrogen) atoms. The SMILES string of the molecule is COc1c(N2CC[C@]3(CCN(Cc4ccc(-n5c(-c6cccnc6N)nc6ccc(-c7ccccc7)nc65)cc4)C3)C2)c(=O)c1=O. The molecule has 0 unspecified atom stereocenters. The third kappa shape index (κ3) is 4.64. The molecule has 0 bridgehead atoms. The maximum atomic E-state index is 12.3. The van der Waals surface area contributed by atoms with Gasteiger partial charge in [0.1, 0.15) is 17.0 Å². The molecule has 2 N–H and O–H groups in total. The van der Waals surface area contributed by atoms with Crippen molar-refractivity contribution < 1.29 is 4.74 Å². The van der Waals surface area contributed by atoms with Crippen LogP contribution in [0.15, 0.2) is 94.6 Å². The molecule has 1 atom stereocenters. The zero-order chi connectivity index (χ0) is 31.4. The number of methoxy groups -OCH3 is 1. The number of nitrogens with two attached hydrogens (primary N) is 1. The molecular weight excluding hydrogens is 578 g/mol. The van der Waals surface area contributed by atoms with E-state index in [1.165, 1.54) is 12.7 Å². The maximum absolute atomic E-state index is 12.3. The predicted molar refractivity (Wildman–Crippen MR) is 179 cm³/mol. The molecule has 2 fully saturated rings. The molecule has 5 heterocycles. The van der Waals surface area contributed by atoms with Crippen molar-refractivity contribution in [2.75, 3.05) is 43.9 Å². The van der Waals surface area contributed by atoms with E-state index in [2.05, 4.69) is 55.7 Å². The first-order valence-electron chi connectivity index (χ1n) is 15.5. The number of rotatable bonds is 7. The number of nitrogens with zero attached hydrogens (tertiary/aromatic N) is 6. The minimum Gasteiger partial charge on any atom is -0.491 e. The number of nitrogen functional groups attached to an aromatic ring is 1. The zero-order valence-electron chi connectivity index (χ0n) is 25.5. The van der Waals surface area contributed by atoms with E-state index in [1.54, 1.807) is 6.20 Å². The quantitative estimate of drug-likeness (QED) is 0.261. The number of anilines is 2. The van der Waals surface area contributed by atoms with Crippen molar-refractivity contribution >= 4 is 22.7 Å². The van der Waals surface area contributed by atoms with Crippen LogP contribution in [0.3, 0.4) is 0 Å². The normalized spacial score (nSPS) is 18.3. The minimum atomic E-state index is -0.512. The fourth-order valence-corrected chi connectivity index (χ4v) is 7.22. The van der Waals surface area contributed by atoms with E-state index in [0.717, 1.165) is 79.2 Å². The summed E-state index contributed by atoms with van der Waals surface area (Å²) in [4.78, 5) is 43.0. The lowest BCUT2D eigenvalue weighted by Crippen LogP contribution is -2.41. The average molecular weight is 612 g/mol. The number of hydrogen-bond acceptors (Lipinski definition) is 9. The highest BCUT2D eigenvalue weighted by molar-refractivity contribution is 5.84. The van der Waals surface area contributed by atoms with Crippen LogP contribution in [0.1, 0.15) is 18.4 Å². The van der Waals surface area contributed by atoms with Gasteiger partial charge in [-0.05, 0) is 61.3 Å². The zero-order valence-corrected chi connectivity index (χ0v) is 25.5. The Balaban J connectivity index is 1.06. The Morgan fingerprint density at radius 1 is 0.870 bits per heavy atom. The lowest BCUT2D eigenvalue weighted by molar-refractivity contribution is 0.270. The number of hydrogen-bond donors (Lipinski definition) is 1. The summed E-state index contributed by atoms with van der Waals surface area (Å²) in [5.41, 5.74) is 12.3. The third-order valence-electron chi connectivity index (χ3n) is 9.57. The Morgan fingerprint density at radius 3 is 2.46 bits per heavy atom. The molecule has 8 rings (SSSR count). The second kappa shape index (κ2) is 10.9. The third-order valence-corrected chi connectivity index (χ3v) is 9.57. The highest BCUT2D eigenvalue weighted by Crippen LogP contribution is 2.42. The van der Waals surface area contributed by atoms with E-state index < -0.39 is 10.9 Å². The summed E-state index contributed by atoms with van der Waals surface area (Å²) in [6.45, 7) is 4.31. The van der Waals surface area contributed by atoms with Gasteiger partial charge < -0.3 is 15.4 Å². The summed E-state index contributed by atoms with van der Waals surface area (Å²) < 4.78 is 7.27. The van der Waals surface area contributed by atoms with Crippen LogP contribution in [0, 0.1) is 5.41 Å². The molecule has 2 aliphatic heterocycles. The number of aromatic nitrogens is 4. The van der Waals surface area contributed by atoms with Crippen LogP contribution in [-0.4, -0.2) is 57.7 Å². The van der Waals surface area contributed by atoms with Gasteiger partial charge in [0.2, 0.25) is 0 Å². The van der Waals surface area contributed by atoms with Gasteiger partial charge in [-0.15, -0.1) is 0 Å². The van der Waals surface area contributed by atoms with Crippen molar-refractivity contribution in [2.45, 2.75) is 19.4 Å². The van der Waals surface area contributed by atoms with Crippen molar-refractivity contribution in [2.24, 2.45) is 5.41 Å². The van der Waals surface area contributed by atoms with Crippen molar-refractivity contribution in [3.63, 3.8) is 0 Å². The molecule has 2 aliphatic rings. The maximum Gasteiger partial charge on any atom is 0.272 e. The Morgan fingerprint density at radius 2 is 1.67 bits per heavy atom. The van der Waals surface area contributed by atoms with Gasteiger partial charge in [0.05, 0.1) is 18.4 Å². The standard InChI is InChI=1S/C36H33N7O3/c1-46-32-29(30(44)31(32)45)42-19-16-36(22-42)15-18-41(21-36)20-23-9-11-25(12-10-23)43-34(26-8-5-17-38-33(26)37)40-28-14-13-27(39-35(28)43)24-6-3-2-4-7-24/h2-14,17H,15-16,18-22H2,1H3,(H2,37,38)/t36-/m0/s1. The molecule has 0 amide bonds. The van der Waals surface area contributed by atoms with Crippen LogP contribution in [0.4, 0.5) is 11.5 Å². The number of fused-ring (bicyclic) bond motifs is 1. The van der Waals surface area contributed by atoms with Gasteiger partial charge in [0, 0.05) is 49.0 Å². The topological polar surface area (TPSA) is 119 Å². The number of benzene rings is 2. The summed E-state index contributed by atoms with van der Waals surface area (Å²) in [6, 6.07) is 26.5. The highest BCUT2D eigenvalue weighted by atomic mass is 16.5. The number of likely N-dealkylation sites (tertiary alicyclic amines) is 1. The summed E-state index contributed by atoms with van der Waals surface area (Å²) in [5.74, 6) is 1.32. The molecule has 230 valence electrons. The van der Waals surface area contributed by atoms with Crippen LogP contribution in [0.25, 0.3) is 39.5 Å². The summed E-state index contributed by atoms with van der Waals surface area (Å²) in [6.07, 6.45) is 3.74. The fourth-order valence-electron chi connectivity index (χ4n) is 7.22. The predicted octanol–water partition coefficient (Wildman–Crippen LogP) is 4.44. The van der Waals surface area contributed by atoms with E-state index in [-0.39, 0.29) is 11.2 Å². The van der Waals surface area contributed by atoms with Crippen molar-refractivity contribution in [3.8, 4) is 34.1 Å². The van der Waals surface area contributed by atoms with E-state index in [9.17, 15) is 9.59 Å². The van der Waals surface area contributed by atoms with Crippen molar-refractivity contribution in [1.82, 2.24) is 24.4 Å². The second-order valence-corrected chi connectivity index (χ2v) is 12.5. The lowest BCUT2D eigenvalue weighted by Gasteiger charge is -2.26. The molecule has 10 heteroatoms. The lowest BCUT2D eigenvalue weighted by atomic mass is 9.86. The first-order chi connectivity index (χ1) is 22.4. The van der Waals surface area contributed by atoms with Crippen molar-refractivity contribution in [3.05, 3.63) is 111 Å². The Labute approximate surface area is 265 Å². The Bertz CT molecular complexity index is 2150. The molecule has 0 radical (unpaired) electrons. The van der Waals surface area contributed by atoms with Gasteiger partial charge >= 0.3 is 0 Å². The van der Waals surface area contributed by atoms with Crippen molar-refractivity contribution in [1.29, 1.82) is 0 Å². The second-order valence-electron chi connectivity index (χ2n) is 12.5. The molecule has 3 aromatic carbocycles. The van der Waals surface area contributed by atoms with Gasteiger partial charge in [0.25, 0.3) is 10.9 Å². The fraction of sp³-hybridized carbons (Fsp3) is 0.250. The first kappa shape index (κ1) is 28.1. The van der Waals surface area contributed by atoms with Gasteiger partial charge in [-0.1, -0.05) is 42.5 Å². The van der Waals surface area contributed by atoms with Crippen LogP contribution in [0.2, 0.25) is 0 Å². The minimum absolute atomic E-state index is 0.112. The number of imidazole rings is 1. The molecule has 0 saturated carbocycles. The van der Waals surface area contributed by atoms with E-state index in [0.29, 0.717) is 17.3 Å². The molecular formula is C36H33N7O3. The number of ether oxygens (including phenoxy) is 1. The van der Waals surface area contributed by atoms with Crippen LogP contribution >= 0.6 is 0 Å². The monoisotopic (exact) mass is 611 g/mol. The highest BCUT2D eigenvalue weighted by Gasteiger charge is 2.45. The van der Waals surface area contributed by atoms with Gasteiger partial charge in [-0.25, -0.2) is 15.0 Å². The van der Waals surface area contributed by atoms with E-state index in [1.807, 2.05) is 42.5 Å². The molecule has 1 spiro atoms. The van der Waals surface area contributed by atoms with Gasteiger partial charge in [-0.3, -0.25) is 19.1 Å².